The van der Waals surface area contributed by atoms with Crippen LogP contribution in [0.15, 0.2) is 48.5 Å². The number of carbonyl (C=O) groups is 6. The van der Waals surface area contributed by atoms with Crippen LogP contribution in [0.25, 0.3) is 0 Å². The summed E-state index contributed by atoms with van der Waals surface area (Å²) in [6.45, 7) is 12.0. The van der Waals surface area contributed by atoms with Crippen molar-refractivity contribution < 1.29 is 38.2 Å². The van der Waals surface area contributed by atoms with E-state index in [0.717, 1.165) is 35.1 Å². The van der Waals surface area contributed by atoms with Gasteiger partial charge in [0.15, 0.2) is 0 Å². The molecule has 15 nitrogen and oxygen atoms in total. The lowest BCUT2D eigenvalue weighted by Crippen LogP contribution is -2.79. The molecule has 6 unspecified atom stereocenters. The Labute approximate surface area is 351 Å². The van der Waals surface area contributed by atoms with Crippen LogP contribution in [-0.4, -0.2) is 92.7 Å². The van der Waals surface area contributed by atoms with Crippen LogP contribution in [0.4, 0.5) is 9.59 Å². The summed E-state index contributed by atoms with van der Waals surface area (Å²) in [5.74, 6) is -4.99. The van der Waals surface area contributed by atoms with Crippen molar-refractivity contribution in [3.05, 3.63) is 70.8 Å². The molecular formula is C45H61N7O8. The molecule has 2 heterocycles. The zero-order chi connectivity index (χ0) is 43.7. The van der Waals surface area contributed by atoms with Crippen LogP contribution in [0.3, 0.4) is 0 Å². The summed E-state index contributed by atoms with van der Waals surface area (Å²) >= 11 is 0. The molecule has 5 aliphatic carbocycles. The van der Waals surface area contributed by atoms with Gasteiger partial charge in [-0.2, -0.15) is 0 Å². The summed E-state index contributed by atoms with van der Waals surface area (Å²) in [6.07, 6.45) is 1.27. The highest BCUT2D eigenvalue weighted by molar-refractivity contribution is 6.11. The van der Waals surface area contributed by atoms with Gasteiger partial charge < -0.3 is 32.4 Å². The first-order valence-electron chi connectivity index (χ1n) is 21.3. The monoisotopic (exact) mass is 827 g/mol. The van der Waals surface area contributed by atoms with E-state index < -0.39 is 75.7 Å². The minimum absolute atomic E-state index is 0.0668. The first-order valence-corrected chi connectivity index (χ1v) is 21.3. The maximum absolute atomic E-state index is 14.9. The lowest BCUT2D eigenvalue weighted by Gasteiger charge is -2.60. The molecule has 8 N–H and O–H groups in total. The zero-order valence-electron chi connectivity index (χ0n) is 35.7. The van der Waals surface area contributed by atoms with E-state index in [-0.39, 0.29) is 30.8 Å². The Balaban J connectivity index is 1.44. The van der Waals surface area contributed by atoms with Gasteiger partial charge in [-0.25, -0.2) is 19.2 Å². The minimum atomic E-state index is -2.24. The van der Waals surface area contributed by atoms with Gasteiger partial charge in [-0.3, -0.25) is 24.3 Å². The smallest absolute Gasteiger partial charge is 0.375 e. The first-order chi connectivity index (χ1) is 28.2. The number of nitrogens with zero attached hydrogens (tertiary/aromatic N) is 3. The Hall–Kier alpha value is -4.86. The number of nitrogens with two attached hydrogens (primary N) is 4. The van der Waals surface area contributed by atoms with E-state index in [4.69, 9.17) is 32.4 Å². The number of benzene rings is 2. The van der Waals surface area contributed by atoms with E-state index in [9.17, 15) is 28.8 Å². The molecule has 324 valence electrons. The molecule has 4 amide bonds. The fourth-order valence-electron chi connectivity index (χ4n) is 12.7. The molecule has 7 aliphatic rings. The number of fused-ring (bicyclic) bond motifs is 6. The minimum Gasteiger partial charge on any atom is -0.375 e. The molecule has 8 atom stereocenters. The van der Waals surface area contributed by atoms with Crippen molar-refractivity contribution >= 4 is 35.9 Å². The molecule has 1 saturated carbocycles. The van der Waals surface area contributed by atoms with E-state index in [0.29, 0.717) is 44.9 Å². The standard InChI is InChI=1S/C45H61N7O8/c1-26-10-7-21-43(26,6)52(33-11-8-22-50(33)44(35(46)53,37(55)59-39(48)57)41(2,3)31-24-27-13-17-29(31)18-14-27)34-12-9-23-51(34)45(36(47)54,38(56)60-40(49)58)42(4,5)32-25-28-15-19-30(32)20-16-28/h13-20,26,31-34H,7-12,21-25H2,1-6H3,(H2,46,53)(H2,47,54)(H2,48,57)(H2,49,58)/t26?,31?,32?,33?,34?,43?,44-,45-/m0/s1. The van der Waals surface area contributed by atoms with Gasteiger partial charge in [-0.15, -0.1) is 0 Å². The highest BCUT2D eigenvalue weighted by Gasteiger charge is 2.71. The first kappa shape index (κ1) is 43.2. The average Bonchev–Trinajstić information content (AvgIpc) is 3.94. The van der Waals surface area contributed by atoms with Crippen molar-refractivity contribution in [1.82, 2.24) is 14.7 Å². The Kier molecular flexibility index (Phi) is 11.0. The third-order valence-electron chi connectivity index (χ3n) is 15.9. The third kappa shape index (κ3) is 6.24. The number of hydrogen-bond donors (Lipinski definition) is 4. The molecule has 4 bridgehead atoms. The fourth-order valence-corrected chi connectivity index (χ4v) is 12.7. The molecular weight excluding hydrogens is 767 g/mol. The molecule has 2 saturated heterocycles. The maximum Gasteiger partial charge on any atom is 0.412 e. The highest BCUT2D eigenvalue weighted by Crippen LogP contribution is 2.57. The summed E-state index contributed by atoms with van der Waals surface area (Å²) in [4.78, 5) is 90.0. The zero-order valence-corrected chi connectivity index (χ0v) is 35.7. The summed E-state index contributed by atoms with van der Waals surface area (Å²) in [6, 6.07) is 15.9. The van der Waals surface area contributed by atoms with Crippen molar-refractivity contribution in [2.45, 2.75) is 140 Å². The van der Waals surface area contributed by atoms with Crippen molar-refractivity contribution in [3.8, 4) is 0 Å². The van der Waals surface area contributed by atoms with Gasteiger partial charge in [-0.05, 0) is 98.3 Å². The topological polar surface area (TPSA) is 235 Å². The summed E-state index contributed by atoms with van der Waals surface area (Å²) in [7, 11) is 0. The van der Waals surface area contributed by atoms with Crippen LogP contribution < -0.4 is 22.9 Å². The molecule has 0 aromatic heterocycles. The molecule has 0 radical (unpaired) electrons. The number of ether oxygens (including phenoxy) is 2. The third-order valence-corrected chi connectivity index (χ3v) is 15.9. The highest BCUT2D eigenvalue weighted by atomic mass is 16.6. The van der Waals surface area contributed by atoms with Crippen LogP contribution in [-0.2, 0) is 41.5 Å². The number of carbonyl (C=O) groups excluding carboxylic acids is 6. The lowest BCUT2D eigenvalue weighted by molar-refractivity contribution is -0.196. The molecule has 60 heavy (non-hydrogen) atoms. The van der Waals surface area contributed by atoms with Crippen molar-refractivity contribution in [2.24, 2.45) is 39.7 Å². The van der Waals surface area contributed by atoms with Gasteiger partial charge in [0, 0.05) is 29.5 Å². The Morgan fingerprint density at radius 2 is 1.02 bits per heavy atom. The summed E-state index contributed by atoms with van der Waals surface area (Å²) in [5, 5.41) is 0. The predicted molar refractivity (Wildman–Crippen MR) is 221 cm³/mol. The van der Waals surface area contributed by atoms with Crippen LogP contribution in [0, 0.1) is 16.7 Å². The number of primary amides is 4. The summed E-state index contributed by atoms with van der Waals surface area (Å²) < 4.78 is 10.6. The van der Waals surface area contributed by atoms with Crippen LogP contribution in [0.5, 0.6) is 0 Å². The number of hydrogen-bond acceptors (Lipinski definition) is 11. The largest absolute Gasteiger partial charge is 0.412 e. The lowest BCUT2D eigenvalue weighted by atomic mass is 9.58. The predicted octanol–water partition coefficient (Wildman–Crippen LogP) is 4.14. The van der Waals surface area contributed by atoms with E-state index >= 15 is 0 Å². The summed E-state index contributed by atoms with van der Waals surface area (Å²) in [5.41, 5.74) is 20.3. The molecule has 2 aliphatic heterocycles. The van der Waals surface area contributed by atoms with Crippen molar-refractivity contribution in [2.75, 3.05) is 13.1 Å². The quantitative estimate of drug-likeness (QED) is 0.166. The Bertz CT molecular complexity index is 1940. The van der Waals surface area contributed by atoms with Crippen LogP contribution in [0.2, 0.25) is 0 Å². The Morgan fingerprint density at radius 3 is 1.30 bits per heavy atom. The van der Waals surface area contributed by atoms with E-state index in [1.54, 1.807) is 0 Å². The number of esters is 2. The van der Waals surface area contributed by atoms with E-state index in [1.165, 1.54) is 0 Å². The van der Waals surface area contributed by atoms with Gasteiger partial charge in [0.1, 0.15) is 0 Å². The van der Waals surface area contributed by atoms with Gasteiger partial charge in [-0.1, -0.05) is 89.6 Å². The average molecular weight is 828 g/mol. The number of rotatable bonds is 13. The van der Waals surface area contributed by atoms with Gasteiger partial charge in [0.25, 0.3) is 0 Å². The van der Waals surface area contributed by atoms with E-state index in [1.807, 2.05) is 86.0 Å². The molecule has 0 spiro atoms. The Morgan fingerprint density at radius 1 is 0.633 bits per heavy atom. The van der Waals surface area contributed by atoms with Crippen LogP contribution >= 0.6 is 0 Å². The fraction of sp³-hybridized carbons (Fsp3) is 0.600. The number of likely N-dealkylation sites (tertiary alicyclic amines) is 2. The van der Waals surface area contributed by atoms with Crippen molar-refractivity contribution in [3.63, 3.8) is 0 Å². The molecule has 2 aromatic carbocycles. The van der Waals surface area contributed by atoms with Gasteiger partial charge >= 0.3 is 24.1 Å². The second-order valence-electron chi connectivity index (χ2n) is 19.2. The van der Waals surface area contributed by atoms with Gasteiger partial charge in [0.05, 0.1) is 12.3 Å². The van der Waals surface area contributed by atoms with E-state index in [2.05, 4.69) is 18.7 Å². The van der Waals surface area contributed by atoms with Crippen molar-refractivity contribution in [1.29, 1.82) is 0 Å². The van der Waals surface area contributed by atoms with Crippen LogP contribution in [0.1, 0.15) is 121 Å². The second kappa shape index (κ2) is 15.2. The SMILES string of the molecule is CC1CCCC1(C)N(C1CCCN1[C@@](C(N)=O)(C(=O)OC(N)=O)C(C)(C)C1Cc2ccc1cc2)C1CCCN1[C@@](C(N)=O)(C(=O)OC(N)=O)C(C)(C)C1Cc2ccc1cc2. The van der Waals surface area contributed by atoms with Gasteiger partial charge in [0.2, 0.25) is 22.9 Å². The molecule has 3 fully saturated rings. The number of amides is 4. The second-order valence-corrected chi connectivity index (χ2v) is 19.2. The molecule has 15 heteroatoms. The normalized spacial score (nSPS) is 28.6. The maximum atomic E-state index is 14.9. The molecule has 2 aromatic rings. The molecule has 9 rings (SSSR count).